The van der Waals surface area contributed by atoms with Crippen LogP contribution in [0.2, 0.25) is 0 Å². The molecule has 0 saturated carbocycles. The normalized spacial score (nSPS) is 12.8. The van der Waals surface area contributed by atoms with E-state index >= 15 is 0 Å². The third-order valence-electron chi connectivity index (χ3n) is 2.30. The highest BCUT2D eigenvalue weighted by Crippen LogP contribution is 2.22. The summed E-state index contributed by atoms with van der Waals surface area (Å²) in [6.07, 6.45) is 2.10. The summed E-state index contributed by atoms with van der Waals surface area (Å²) in [6.45, 7) is 0. The Balaban J connectivity index is 2.33. The molecule has 3 nitrogen and oxygen atoms in total. The number of aliphatic hydroxyl groups excluding tert-OH is 1. The fourth-order valence-electron chi connectivity index (χ4n) is 1.46. The molecule has 16 heavy (non-hydrogen) atoms. The second-order valence-corrected chi connectivity index (χ2v) is 3.52. The quantitative estimate of drug-likeness (QED) is 0.844. The smallest absolute Gasteiger partial charge is 0.159 e. The molecule has 1 N–H and O–H groups in total. The maximum atomic E-state index is 13.0. The van der Waals surface area contributed by atoms with Crippen molar-refractivity contribution in [1.82, 2.24) is 9.78 Å². The Morgan fingerprint density at radius 2 is 2.00 bits per heavy atom. The number of aromatic nitrogens is 2. The van der Waals surface area contributed by atoms with Crippen molar-refractivity contribution >= 4 is 0 Å². The van der Waals surface area contributed by atoms with Crippen molar-refractivity contribution in [3.63, 3.8) is 0 Å². The van der Waals surface area contributed by atoms with Gasteiger partial charge in [-0.3, -0.25) is 4.68 Å². The van der Waals surface area contributed by atoms with Crippen molar-refractivity contribution in [1.29, 1.82) is 0 Å². The molecule has 0 spiro atoms. The van der Waals surface area contributed by atoms with E-state index in [1.54, 1.807) is 13.2 Å². The van der Waals surface area contributed by atoms with Crippen molar-refractivity contribution in [2.24, 2.45) is 7.05 Å². The van der Waals surface area contributed by atoms with Gasteiger partial charge in [0.05, 0.1) is 6.20 Å². The molecule has 2 rings (SSSR count). The lowest BCUT2D eigenvalue weighted by Gasteiger charge is -2.08. The van der Waals surface area contributed by atoms with Gasteiger partial charge in [-0.25, -0.2) is 8.78 Å². The van der Waals surface area contributed by atoms with E-state index in [-0.39, 0.29) is 0 Å². The highest BCUT2D eigenvalue weighted by atomic mass is 19.2. The average Bonchev–Trinajstić information content (AvgIpc) is 2.68. The molecule has 0 bridgehead atoms. The Morgan fingerprint density at radius 3 is 2.56 bits per heavy atom. The first-order valence-electron chi connectivity index (χ1n) is 4.69. The fraction of sp³-hybridized carbons (Fsp3) is 0.182. The van der Waals surface area contributed by atoms with Gasteiger partial charge in [0, 0.05) is 18.8 Å². The summed E-state index contributed by atoms with van der Waals surface area (Å²) in [4.78, 5) is 0. The lowest BCUT2D eigenvalue weighted by molar-refractivity contribution is 0.219. The number of aryl methyl sites for hydroxylation is 1. The number of benzene rings is 1. The molecule has 2 aromatic rings. The maximum Gasteiger partial charge on any atom is 0.159 e. The maximum absolute atomic E-state index is 13.0. The molecule has 1 heterocycles. The SMILES string of the molecule is Cn1cc(C(O)c2ccc(F)c(F)c2)cn1. The Bertz CT molecular complexity index is 510. The van der Waals surface area contributed by atoms with Crippen LogP contribution >= 0.6 is 0 Å². The van der Waals surface area contributed by atoms with Crippen LogP contribution in [-0.4, -0.2) is 14.9 Å². The Labute approximate surface area is 91.0 Å². The van der Waals surface area contributed by atoms with Crippen LogP contribution < -0.4 is 0 Å². The highest BCUT2D eigenvalue weighted by Gasteiger charge is 2.14. The molecule has 1 atom stereocenters. The van der Waals surface area contributed by atoms with Gasteiger partial charge in [0.2, 0.25) is 0 Å². The monoisotopic (exact) mass is 224 g/mol. The Hall–Kier alpha value is -1.75. The minimum Gasteiger partial charge on any atom is -0.384 e. The van der Waals surface area contributed by atoms with Crippen LogP contribution in [0.15, 0.2) is 30.6 Å². The predicted molar refractivity (Wildman–Crippen MR) is 53.6 cm³/mol. The number of rotatable bonds is 2. The zero-order valence-corrected chi connectivity index (χ0v) is 8.56. The van der Waals surface area contributed by atoms with E-state index < -0.39 is 17.7 Å². The lowest BCUT2D eigenvalue weighted by atomic mass is 10.0. The standard InChI is InChI=1S/C11H10F2N2O/c1-15-6-8(5-14-15)11(16)7-2-3-9(12)10(13)4-7/h2-6,11,16H,1H3. The van der Waals surface area contributed by atoms with Crippen LogP contribution in [0, 0.1) is 11.6 Å². The molecule has 1 aromatic carbocycles. The molecule has 0 radical (unpaired) electrons. The van der Waals surface area contributed by atoms with Crippen LogP contribution in [-0.2, 0) is 7.05 Å². The van der Waals surface area contributed by atoms with E-state index in [0.717, 1.165) is 12.1 Å². The summed E-state index contributed by atoms with van der Waals surface area (Å²) in [5.74, 6) is -1.90. The zero-order chi connectivity index (χ0) is 11.7. The highest BCUT2D eigenvalue weighted by molar-refractivity contribution is 5.27. The van der Waals surface area contributed by atoms with E-state index in [4.69, 9.17) is 0 Å². The summed E-state index contributed by atoms with van der Waals surface area (Å²) in [7, 11) is 1.71. The number of nitrogens with zero attached hydrogens (tertiary/aromatic N) is 2. The van der Waals surface area contributed by atoms with Gasteiger partial charge < -0.3 is 5.11 Å². The van der Waals surface area contributed by atoms with Crippen molar-refractivity contribution in [2.75, 3.05) is 0 Å². The molecule has 84 valence electrons. The predicted octanol–water partition coefficient (Wildman–Crippen LogP) is 1.78. The van der Waals surface area contributed by atoms with Gasteiger partial charge in [0.1, 0.15) is 6.10 Å². The summed E-state index contributed by atoms with van der Waals surface area (Å²) in [6, 6.07) is 3.31. The Kier molecular flexibility index (Phi) is 2.70. The van der Waals surface area contributed by atoms with E-state index in [2.05, 4.69) is 5.10 Å². The van der Waals surface area contributed by atoms with Gasteiger partial charge in [0.25, 0.3) is 0 Å². The van der Waals surface area contributed by atoms with Crippen LogP contribution in [0.5, 0.6) is 0 Å². The summed E-state index contributed by atoms with van der Waals surface area (Å²) in [5, 5.41) is 13.8. The number of hydrogen-bond donors (Lipinski definition) is 1. The zero-order valence-electron chi connectivity index (χ0n) is 8.56. The lowest BCUT2D eigenvalue weighted by Crippen LogP contribution is -2.00. The van der Waals surface area contributed by atoms with Gasteiger partial charge in [-0.05, 0) is 17.7 Å². The molecule has 0 aliphatic carbocycles. The van der Waals surface area contributed by atoms with Crippen molar-refractivity contribution in [2.45, 2.75) is 6.10 Å². The number of halogens is 2. The summed E-state index contributed by atoms with van der Waals surface area (Å²) < 4.78 is 27.2. The molecular formula is C11H10F2N2O. The number of aliphatic hydroxyl groups is 1. The third kappa shape index (κ3) is 1.94. The van der Waals surface area contributed by atoms with E-state index in [1.165, 1.54) is 16.9 Å². The largest absolute Gasteiger partial charge is 0.384 e. The third-order valence-corrected chi connectivity index (χ3v) is 2.30. The van der Waals surface area contributed by atoms with E-state index in [0.29, 0.717) is 11.1 Å². The van der Waals surface area contributed by atoms with Crippen molar-refractivity contribution < 1.29 is 13.9 Å². The molecule has 5 heteroatoms. The molecule has 0 fully saturated rings. The molecule has 1 unspecified atom stereocenters. The van der Waals surface area contributed by atoms with Crippen molar-refractivity contribution in [3.8, 4) is 0 Å². The second kappa shape index (κ2) is 4.02. The van der Waals surface area contributed by atoms with Crippen LogP contribution in [0.1, 0.15) is 17.2 Å². The Morgan fingerprint density at radius 1 is 1.25 bits per heavy atom. The van der Waals surface area contributed by atoms with Gasteiger partial charge >= 0.3 is 0 Å². The minimum atomic E-state index is -0.996. The van der Waals surface area contributed by atoms with E-state index in [9.17, 15) is 13.9 Å². The molecule has 0 aliphatic heterocycles. The fourth-order valence-corrected chi connectivity index (χ4v) is 1.46. The van der Waals surface area contributed by atoms with Gasteiger partial charge in [-0.15, -0.1) is 0 Å². The van der Waals surface area contributed by atoms with Gasteiger partial charge in [-0.2, -0.15) is 5.10 Å². The van der Waals surface area contributed by atoms with E-state index in [1.807, 2.05) is 0 Å². The molecule has 0 aliphatic rings. The topological polar surface area (TPSA) is 38.0 Å². The second-order valence-electron chi connectivity index (χ2n) is 3.52. The molecule has 1 aromatic heterocycles. The first-order valence-corrected chi connectivity index (χ1v) is 4.69. The van der Waals surface area contributed by atoms with Gasteiger partial charge in [0.15, 0.2) is 11.6 Å². The summed E-state index contributed by atoms with van der Waals surface area (Å²) >= 11 is 0. The first-order chi connectivity index (χ1) is 7.58. The summed E-state index contributed by atoms with van der Waals surface area (Å²) in [5.41, 5.74) is 0.834. The van der Waals surface area contributed by atoms with Crippen molar-refractivity contribution in [3.05, 3.63) is 53.4 Å². The van der Waals surface area contributed by atoms with Crippen LogP contribution in [0.4, 0.5) is 8.78 Å². The number of hydrogen-bond acceptors (Lipinski definition) is 2. The minimum absolute atomic E-state index is 0.298. The molecular weight excluding hydrogens is 214 g/mol. The average molecular weight is 224 g/mol. The van der Waals surface area contributed by atoms with Crippen LogP contribution in [0.3, 0.4) is 0 Å². The van der Waals surface area contributed by atoms with Gasteiger partial charge in [-0.1, -0.05) is 6.07 Å². The molecule has 0 amide bonds. The molecule has 0 saturated heterocycles. The van der Waals surface area contributed by atoms with Crippen LogP contribution in [0.25, 0.3) is 0 Å². The first kappa shape index (κ1) is 10.8.